The van der Waals surface area contributed by atoms with E-state index in [1.807, 2.05) is 5.48 Å². The molecule has 1 unspecified atom stereocenters. The summed E-state index contributed by atoms with van der Waals surface area (Å²) in [5, 5.41) is 9.50. The normalized spacial score (nSPS) is 16.5. The van der Waals surface area contributed by atoms with E-state index < -0.39 is 16.3 Å². The zero-order valence-corrected chi connectivity index (χ0v) is 19.1. The van der Waals surface area contributed by atoms with Crippen LogP contribution in [0.4, 0.5) is 11.4 Å². The lowest BCUT2D eigenvalue weighted by atomic mass is 10.2. The maximum Gasteiger partial charge on any atom is 0.266 e. The van der Waals surface area contributed by atoms with Gasteiger partial charge in [-0.05, 0) is 29.8 Å². The van der Waals surface area contributed by atoms with Crippen molar-refractivity contribution in [2.45, 2.75) is 17.7 Å². The Morgan fingerprint density at radius 3 is 2.67 bits per heavy atom. The van der Waals surface area contributed by atoms with Gasteiger partial charge < -0.3 is 4.74 Å². The topological polar surface area (TPSA) is 122 Å². The van der Waals surface area contributed by atoms with E-state index in [2.05, 4.69) is 15.0 Å². The van der Waals surface area contributed by atoms with E-state index in [-0.39, 0.29) is 34.2 Å². The van der Waals surface area contributed by atoms with Crippen LogP contribution in [0, 0.1) is 0 Å². The van der Waals surface area contributed by atoms with Crippen molar-refractivity contribution in [1.82, 2.24) is 19.5 Å². The number of sulfonamides is 1. The van der Waals surface area contributed by atoms with Crippen LogP contribution in [-0.4, -0.2) is 39.7 Å². The Bertz CT molecular complexity index is 1460. The summed E-state index contributed by atoms with van der Waals surface area (Å²) in [5.41, 5.74) is 3.77. The van der Waals surface area contributed by atoms with Crippen molar-refractivity contribution in [3.8, 4) is 0 Å². The Morgan fingerprint density at radius 1 is 1.09 bits per heavy atom. The number of halogens is 2. The van der Waals surface area contributed by atoms with Gasteiger partial charge in [-0.25, -0.2) is 18.4 Å². The quantitative estimate of drug-likeness (QED) is 0.243. The molecular weight excluding hydrogens is 491 g/mol. The molecule has 13 heteroatoms. The smallest absolute Gasteiger partial charge is 0.266 e. The molecule has 10 nitrogen and oxygen atoms in total. The highest BCUT2D eigenvalue weighted by atomic mass is 35.5. The van der Waals surface area contributed by atoms with E-state index in [1.54, 1.807) is 41.0 Å². The molecule has 0 aliphatic carbocycles. The minimum absolute atomic E-state index is 0.0519. The molecule has 170 valence electrons. The number of nitrogens with one attached hydrogen (secondary N) is 1. The van der Waals surface area contributed by atoms with E-state index in [0.717, 1.165) is 0 Å². The highest BCUT2D eigenvalue weighted by Gasteiger charge is 2.34. The number of rotatable bonds is 4. The van der Waals surface area contributed by atoms with Gasteiger partial charge in [-0.1, -0.05) is 41.9 Å². The standard InChI is InChI=1S/C20H16Cl2N6O4S/c21-18-17-19(25-20(22)24-18)27(11-23-17)16-9-28(14-7-3-1-5-12(14)10-32-16)33(30,31)15-8-4-2-6-13(15)26-29/h1-8,11,16,26,29H,9-10H2. The van der Waals surface area contributed by atoms with E-state index in [9.17, 15) is 13.6 Å². The lowest BCUT2D eigenvalue weighted by molar-refractivity contribution is 0.00415. The van der Waals surface area contributed by atoms with Gasteiger partial charge in [-0.15, -0.1) is 0 Å². The van der Waals surface area contributed by atoms with Crippen LogP contribution in [0.25, 0.3) is 11.2 Å². The summed E-state index contributed by atoms with van der Waals surface area (Å²) >= 11 is 12.1. The lowest BCUT2D eigenvalue weighted by Gasteiger charge is -2.27. The highest BCUT2D eigenvalue weighted by Crippen LogP contribution is 2.36. The van der Waals surface area contributed by atoms with Crippen LogP contribution < -0.4 is 9.79 Å². The second-order valence-corrected chi connectivity index (χ2v) is 9.67. The summed E-state index contributed by atoms with van der Waals surface area (Å²) in [6.07, 6.45) is 0.643. The second-order valence-electron chi connectivity index (χ2n) is 7.15. The first-order valence-electron chi connectivity index (χ1n) is 9.67. The van der Waals surface area contributed by atoms with Crippen molar-refractivity contribution in [1.29, 1.82) is 0 Å². The Balaban J connectivity index is 1.65. The predicted octanol–water partition coefficient (Wildman–Crippen LogP) is 3.86. The molecule has 0 amide bonds. The van der Waals surface area contributed by atoms with Gasteiger partial charge in [0.25, 0.3) is 10.0 Å². The summed E-state index contributed by atoms with van der Waals surface area (Å²) in [6.45, 7) is 0.0305. The number of imidazole rings is 1. The number of benzene rings is 2. The minimum Gasteiger partial charge on any atom is -0.351 e. The van der Waals surface area contributed by atoms with Crippen LogP contribution in [-0.2, 0) is 21.4 Å². The van der Waals surface area contributed by atoms with Crippen molar-refractivity contribution in [3.63, 3.8) is 0 Å². The van der Waals surface area contributed by atoms with Gasteiger partial charge in [0, 0.05) is 5.56 Å². The van der Waals surface area contributed by atoms with E-state index in [0.29, 0.717) is 22.4 Å². The molecular formula is C20H16Cl2N6O4S. The third-order valence-electron chi connectivity index (χ3n) is 5.25. The van der Waals surface area contributed by atoms with Gasteiger partial charge >= 0.3 is 0 Å². The molecule has 0 saturated carbocycles. The molecule has 4 aromatic rings. The third-order valence-corrected chi connectivity index (χ3v) is 7.52. The summed E-state index contributed by atoms with van der Waals surface area (Å²) in [6, 6.07) is 13.1. The van der Waals surface area contributed by atoms with Crippen LogP contribution in [0.3, 0.4) is 0 Å². The van der Waals surface area contributed by atoms with Crippen molar-refractivity contribution in [3.05, 3.63) is 70.9 Å². The first-order chi connectivity index (χ1) is 15.9. The molecule has 0 saturated heterocycles. The summed E-state index contributed by atoms with van der Waals surface area (Å²) < 4.78 is 36.5. The summed E-state index contributed by atoms with van der Waals surface area (Å²) in [7, 11) is -4.12. The molecule has 5 rings (SSSR count). The molecule has 1 aliphatic heterocycles. The van der Waals surface area contributed by atoms with Crippen molar-refractivity contribution in [2.24, 2.45) is 0 Å². The van der Waals surface area contributed by atoms with Gasteiger partial charge in [0.1, 0.15) is 10.4 Å². The number of ether oxygens (including phenoxy) is 1. The molecule has 0 bridgehead atoms. The first-order valence-corrected chi connectivity index (χ1v) is 11.9. The van der Waals surface area contributed by atoms with Gasteiger partial charge in [-0.3, -0.25) is 19.6 Å². The molecule has 1 atom stereocenters. The first kappa shape index (κ1) is 21.9. The van der Waals surface area contributed by atoms with Crippen molar-refractivity contribution < 1.29 is 18.4 Å². The number of aromatic nitrogens is 4. The maximum atomic E-state index is 13.8. The number of nitrogens with zero attached hydrogens (tertiary/aromatic N) is 5. The van der Waals surface area contributed by atoms with Crippen LogP contribution in [0.1, 0.15) is 11.8 Å². The zero-order chi connectivity index (χ0) is 23.2. The Kier molecular flexibility index (Phi) is 5.59. The fourth-order valence-corrected chi connectivity index (χ4v) is 5.78. The van der Waals surface area contributed by atoms with Crippen LogP contribution in [0.5, 0.6) is 0 Å². The van der Waals surface area contributed by atoms with Gasteiger partial charge in [0.2, 0.25) is 5.28 Å². The second kappa shape index (κ2) is 8.43. The Hall–Kier alpha value is -2.96. The molecule has 33 heavy (non-hydrogen) atoms. The molecule has 0 radical (unpaired) electrons. The average molecular weight is 507 g/mol. The SMILES string of the molecule is O=S(=O)(c1ccccc1NO)N1CC(n2cnc3c(Cl)nc(Cl)nc32)OCc2ccccc21. The average Bonchev–Trinajstić information content (AvgIpc) is 3.13. The Labute approximate surface area is 198 Å². The summed E-state index contributed by atoms with van der Waals surface area (Å²) in [5.74, 6) is 0. The number of hydrogen-bond acceptors (Lipinski definition) is 8. The minimum atomic E-state index is -4.12. The highest BCUT2D eigenvalue weighted by molar-refractivity contribution is 7.93. The van der Waals surface area contributed by atoms with Gasteiger partial charge in [0.05, 0.1) is 30.9 Å². The van der Waals surface area contributed by atoms with Gasteiger partial charge in [-0.2, -0.15) is 4.98 Å². The molecule has 1 aliphatic rings. The fraction of sp³-hybridized carbons (Fsp3) is 0.150. The van der Waals surface area contributed by atoms with Gasteiger partial charge in [0.15, 0.2) is 17.0 Å². The number of para-hydroxylation sites is 2. The number of anilines is 2. The molecule has 2 aromatic carbocycles. The van der Waals surface area contributed by atoms with Crippen molar-refractivity contribution in [2.75, 3.05) is 16.3 Å². The van der Waals surface area contributed by atoms with Crippen LogP contribution >= 0.6 is 23.2 Å². The largest absolute Gasteiger partial charge is 0.351 e. The Morgan fingerprint density at radius 2 is 1.85 bits per heavy atom. The van der Waals surface area contributed by atoms with Crippen LogP contribution in [0.15, 0.2) is 59.8 Å². The molecule has 2 N–H and O–H groups in total. The van der Waals surface area contributed by atoms with Crippen LogP contribution in [0.2, 0.25) is 10.4 Å². The number of fused-ring (bicyclic) bond motifs is 2. The maximum absolute atomic E-state index is 13.8. The van der Waals surface area contributed by atoms with E-state index in [1.165, 1.54) is 22.8 Å². The zero-order valence-electron chi connectivity index (χ0n) is 16.8. The molecule has 3 heterocycles. The molecule has 0 fully saturated rings. The molecule has 0 spiro atoms. The van der Waals surface area contributed by atoms with E-state index in [4.69, 9.17) is 27.9 Å². The van der Waals surface area contributed by atoms with Crippen molar-refractivity contribution >= 4 is 55.8 Å². The third kappa shape index (κ3) is 3.77. The number of hydrogen-bond donors (Lipinski definition) is 2. The fourth-order valence-electron chi connectivity index (χ4n) is 3.72. The molecule has 2 aromatic heterocycles. The lowest BCUT2D eigenvalue weighted by Crippen LogP contribution is -2.36. The summed E-state index contributed by atoms with van der Waals surface area (Å²) in [4.78, 5) is 12.2. The van der Waals surface area contributed by atoms with E-state index >= 15 is 0 Å². The predicted molar refractivity (Wildman–Crippen MR) is 122 cm³/mol. The monoisotopic (exact) mass is 506 g/mol.